The molecule has 0 amide bonds. The number of nitrogens with zero attached hydrogens (tertiary/aromatic N) is 2. The van der Waals surface area contributed by atoms with E-state index in [4.69, 9.17) is 14.2 Å². The van der Waals surface area contributed by atoms with Gasteiger partial charge in [0, 0.05) is 17.4 Å². The third-order valence-corrected chi connectivity index (χ3v) is 3.94. The summed E-state index contributed by atoms with van der Waals surface area (Å²) in [5.74, 6) is 3.67. The van der Waals surface area contributed by atoms with E-state index < -0.39 is 0 Å². The lowest BCUT2D eigenvalue weighted by molar-refractivity contribution is 0.331. The molecular formula is C21H24N4O3. The van der Waals surface area contributed by atoms with Gasteiger partial charge >= 0.3 is 0 Å². The Morgan fingerprint density at radius 1 is 0.821 bits per heavy atom. The van der Waals surface area contributed by atoms with Crippen molar-refractivity contribution in [3.05, 3.63) is 60.3 Å². The molecule has 146 valence electrons. The predicted octanol–water partition coefficient (Wildman–Crippen LogP) is 4.04. The summed E-state index contributed by atoms with van der Waals surface area (Å²) < 4.78 is 16.0. The van der Waals surface area contributed by atoms with E-state index in [-0.39, 0.29) is 0 Å². The van der Waals surface area contributed by atoms with Crippen molar-refractivity contribution < 1.29 is 14.2 Å². The number of hydrogen-bond donors (Lipinski definition) is 2. The molecule has 1 aromatic heterocycles. The summed E-state index contributed by atoms with van der Waals surface area (Å²) >= 11 is 0. The molecule has 2 N–H and O–H groups in total. The summed E-state index contributed by atoms with van der Waals surface area (Å²) in [6.45, 7) is 3.06. The Hall–Kier alpha value is -3.48. The van der Waals surface area contributed by atoms with Crippen molar-refractivity contribution >= 4 is 17.5 Å². The van der Waals surface area contributed by atoms with Crippen molar-refractivity contribution in [1.82, 2.24) is 9.97 Å². The fourth-order valence-electron chi connectivity index (χ4n) is 2.54. The van der Waals surface area contributed by atoms with Crippen LogP contribution in [0.1, 0.15) is 5.69 Å². The number of ether oxygens (including phenoxy) is 3. The monoisotopic (exact) mass is 380 g/mol. The minimum Gasteiger partial charge on any atom is -0.497 e. The standard InChI is InChI=1S/C21H24N4O3/c1-15-14-20(22-12-13-28-19-10-8-18(27-3)9-11-19)25-21(23-15)24-16-4-6-17(26-2)7-5-16/h4-11,14H,12-13H2,1-3H3,(H2,22,23,24,25). The molecular weight excluding hydrogens is 356 g/mol. The normalized spacial score (nSPS) is 10.2. The topological polar surface area (TPSA) is 77.5 Å². The summed E-state index contributed by atoms with van der Waals surface area (Å²) in [6, 6.07) is 17.0. The highest BCUT2D eigenvalue weighted by molar-refractivity contribution is 5.56. The molecule has 0 aliphatic heterocycles. The minimum absolute atomic E-state index is 0.511. The first-order chi connectivity index (χ1) is 13.7. The molecule has 0 atom stereocenters. The van der Waals surface area contributed by atoms with E-state index in [9.17, 15) is 0 Å². The first-order valence-corrected chi connectivity index (χ1v) is 8.94. The Morgan fingerprint density at radius 3 is 2.07 bits per heavy atom. The average molecular weight is 380 g/mol. The molecule has 0 aliphatic rings. The van der Waals surface area contributed by atoms with Crippen LogP contribution in [0.2, 0.25) is 0 Å². The molecule has 7 nitrogen and oxygen atoms in total. The van der Waals surface area contributed by atoms with Crippen LogP contribution in [0.4, 0.5) is 17.5 Å². The molecule has 1 heterocycles. The molecule has 0 spiro atoms. The lowest BCUT2D eigenvalue weighted by atomic mass is 10.3. The number of rotatable bonds is 9. The Kier molecular flexibility index (Phi) is 6.51. The van der Waals surface area contributed by atoms with Crippen LogP contribution >= 0.6 is 0 Å². The zero-order chi connectivity index (χ0) is 19.8. The van der Waals surface area contributed by atoms with Gasteiger partial charge in [-0.15, -0.1) is 0 Å². The van der Waals surface area contributed by atoms with Crippen molar-refractivity contribution in [2.45, 2.75) is 6.92 Å². The molecule has 0 saturated carbocycles. The van der Waals surface area contributed by atoms with Crippen molar-refractivity contribution in [3.63, 3.8) is 0 Å². The highest BCUT2D eigenvalue weighted by atomic mass is 16.5. The maximum atomic E-state index is 5.72. The van der Waals surface area contributed by atoms with Crippen molar-refractivity contribution in [3.8, 4) is 17.2 Å². The second-order valence-corrected chi connectivity index (χ2v) is 6.02. The van der Waals surface area contributed by atoms with Crippen molar-refractivity contribution in [1.29, 1.82) is 0 Å². The van der Waals surface area contributed by atoms with Crippen LogP contribution in [0.15, 0.2) is 54.6 Å². The van der Waals surface area contributed by atoms with Gasteiger partial charge in [0.2, 0.25) is 5.95 Å². The zero-order valence-corrected chi connectivity index (χ0v) is 16.2. The summed E-state index contributed by atoms with van der Waals surface area (Å²) in [7, 11) is 3.28. The van der Waals surface area contributed by atoms with Crippen LogP contribution in [0.5, 0.6) is 17.2 Å². The highest BCUT2D eigenvalue weighted by Gasteiger charge is 2.04. The number of aryl methyl sites for hydroxylation is 1. The van der Waals surface area contributed by atoms with Crippen LogP contribution in [0, 0.1) is 6.92 Å². The molecule has 0 bridgehead atoms. The van der Waals surface area contributed by atoms with E-state index in [1.54, 1.807) is 14.2 Å². The number of benzene rings is 2. The van der Waals surface area contributed by atoms with Gasteiger partial charge in [0.15, 0.2) is 0 Å². The molecule has 0 unspecified atom stereocenters. The predicted molar refractivity (Wildman–Crippen MR) is 110 cm³/mol. The molecule has 0 saturated heterocycles. The van der Waals surface area contributed by atoms with Gasteiger partial charge in [-0.25, -0.2) is 4.98 Å². The first kappa shape index (κ1) is 19.3. The van der Waals surface area contributed by atoms with Gasteiger partial charge in [0.1, 0.15) is 29.7 Å². The number of hydrogen-bond acceptors (Lipinski definition) is 7. The minimum atomic E-state index is 0.511. The molecule has 0 radical (unpaired) electrons. The number of aromatic nitrogens is 2. The Balaban J connectivity index is 1.53. The summed E-state index contributed by atoms with van der Waals surface area (Å²) in [4.78, 5) is 8.93. The molecule has 0 fully saturated rings. The summed E-state index contributed by atoms with van der Waals surface area (Å²) in [5, 5.41) is 6.46. The smallest absolute Gasteiger partial charge is 0.229 e. The van der Waals surface area contributed by atoms with Gasteiger partial charge < -0.3 is 24.8 Å². The van der Waals surface area contributed by atoms with Crippen LogP contribution in [-0.2, 0) is 0 Å². The third-order valence-electron chi connectivity index (χ3n) is 3.94. The van der Waals surface area contributed by atoms with E-state index in [0.29, 0.717) is 19.1 Å². The van der Waals surface area contributed by atoms with Gasteiger partial charge in [-0.1, -0.05) is 0 Å². The lowest BCUT2D eigenvalue weighted by Crippen LogP contribution is -2.13. The van der Waals surface area contributed by atoms with Crippen LogP contribution in [-0.4, -0.2) is 37.3 Å². The Morgan fingerprint density at radius 2 is 1.43 bits per heavy atom. The van der Waals surface area contributed by atoms with Gasteiger partial charge in [-0.2, -0.15) is 4.98 Å². The van der Waals surface area contributed by atoms with Crippen molar-refractivity contribution in [2.24, 2.45) is 0 Å². The molecule has 28 heavy (non-hydrogen) atoms. The van der Waals surface area contributed by atoms with E-state index in [2.05, 4.69) is 20.6 Å². The molecule has 3 aromatic rings. The van der Waals surface area contributed by atoms with E-state index >= 15 is 0 Å². The number of anilines is 3. The Labute approximate surface area is 164 Å². The molecule has 0 aliphatic carbocycles. The van der Waals surface area contributed by atoms with Gasteiger partial charge in [-0.05, 0) is 55.5 Å². The zero-order valence-electron chi connectivity index (χ0n) is 16.2. The highest BCUT2D eigenvalue weighted by Crippen LogP contribution is 2.19. The maximum absolute atomic E-state index is 5.72. The molecule has 7 heteroatoms. The average Bonchev–Trinajstić information content (AvgIpc) is 2.72. The van der Waals surface area contributed by atoms with Crippen LogP contribution in [0.3, 0.4) is 0 Å². The van der Waals surface area contributed by atoms with Crippen molar-refractivity contribution in [2.75, 3.05) is 38.0 Å². The number of methoxy groups -OCH3 is 2. The van der Waals surface area contributed by atoms with Gasteiger partial charge in [0.25, 0.3) is 0 Å². The SMILES string of the molecule is COc1ccc(Nc2nc(C)cc(NCCOc3ccc(OC)cc3)n2)cc1. The van der Waals surface area contributed by atoms with Crippen LogP contribution < -0.4 is 24.8 Å². The lowest BCUT2D eigenvalue weighted by Gasteiger charge is -2.11. The summed E-state index contributed by atoms with van der Waals surface area (Å²) in [6.07, 6.45) is 0. The van der Waals surface area contributed by atoms with Gasteiger partial charge in [-0.3, -0.25) is 0 Å². The fourth-order valence-corrected chi connectivity index (χ4v) is 2.54. The summed E-state index contributed by atoms with van der Waals surface area (Å²) in [5.41, 5.74) is 1.75. The fraction of sp³-hybridized carbons (Fsp3) is 0.238. The number of nitrogens with one attached hydrogen (secondary N) is 2. The van der Waals surface area contributed by atoms with Crippen LogP contribution in [0.25, 0.3) is 0 Å². The molecule has 2 aromatic carbocycles. The second-order valence-electron chi connectivity index (χ2n) is 6.02. The first-order valence-electron chi connectivity index (χ1n) is 8.94. The van der Waals surface area contributed by atoms with E-state index in [1.807, 2.05) is 61.5 Å². The largest absolute Gasteiger partial charge is 0.497 e. The quantitative estimate of drug-likeness (QED) is 0.543. The third kappa shape index (κ3) is 5.51. The van der Waals surface area contributed by atoms with E-state index in [1.165, 1.54) is 0 Å². The maximum Gasteiger partial charge on any atom is 0.229 e. The second kappa shape index (κ2) is 9.45. The molecule has 3 rings (SSSR count). The Bertz CT molecular complexity index is 883. The van der Waals surface area contributed by atoms with E-state index in [0.717, 1.165) is 34.4 Å². The van der Waals surface area contributed by atoms with Gasteiger partial charge in [0.05, 0.1) is 20.8 Å².